The summed E-state index contributed by atoms with van der Waals surface area (Å²) < 4.78 is 0. The van der Waals surface area contributed by atoms with E-state index in [1.165, 1.54) is 4.88 Å². The molecule has 0 spiro atoms. The average molecular weight is 261 g/mol. The Kier molecular flexibility index (Phi) is 4.77. The lowest BCUT2D eigenvalue weighted by Crippen LogP contribution is -2.58. The summed E-state index contributed by atoms with van der Waals surface area (Å²) >= 11 is 1.72. The van der Waals surface area contributed by atoms with Crippen LogP contribution in [0, 0.1) is 0 Å². The van der Waals surface area contributed by atoms with Gasteiger partial charge in [-0.25, -0.2) is 0 Å². The first-order valence-electron chi connectivity index (χ1n) is 5.30. The molecule has 16 heavy (non-hydrogen) atoms. The van der Waals surface area contributed by atoms with Gasteiger partial charge in [-0.05, 0) is 37.1 Å². The van der Waals surface area contributed by atoms with Crippen molar-refractivity contribution in [3.05, 3.63) is 22.4 Å². The molecule has 1 aromatic heterocycles. The minimum absolute atomic E-state index is 0. The van der Waals surface area contributed by atoms with Crippen molar-refractivity contribution in [2.75, 3.05) is 6.54 Å². The molecule has 1 saturated carbocycles. The van der Waals surface area contributed by atoms with E-state index >= 15 is 0 Å². The molecule has 1 aliphatic rings. The summed E-state index contributed by atoms with van der Waals surface area (Å²) in [6, 6.07) is 4.11. The van der Waals surface area contributed by atoms with Crippen LogP contribution in [0.1, 0.15) is 24.1 Å². The fraction of sp³-hybridized carbons (Fsp3) is 0.545. The Morgan fingerprint density at radius 3 is 2.81 bits per heavy atom. The van der Waals surface area contributed by atoms with Gasteiger partial charge in [0.15, 0.2) is 0 Å². The highest BCUT2D eigenvalue weighted by Gasteiger charge is 2.39. The third-order valence-electron chi connectivity index (χ3n) is 2.94. The second kappa shape index (κ2) is 5.66. The van der Waals surface area contributed by atoms with Crippen molar-refractivity contribution in [1.82, 2.24) is 5.32 Å². The van der Waals surface area contributed by atoms with Gasteiger partial charge in [0, 0.05) is 11.4 Å². The molecule has 0 radical (unpaired) electrons. The van der Waals surface area contributed by atoms with Crippen LogP contribution in [0.25, 0.3) is 0 Å². The standard InChI is InChI=1S/C11H16N2OS.ClH/c12-11(5-2-6-11)10(14)13-7-4-9-3-1-8-15-9;/h1,3,8H,2,4-7,12H2,(H,13,14);1H. The van der Waals surface area contributed by atoms with Gasteiger partial charge in [-0.3, -0.25) is 4.79 Å². The third-order valence-corrected chi connectivity index (χ3v) is 3.87. The second-order valence-corrected chi connectivity index (χ2v) is 5.13. The van der Waals surface area contributed by atoms with E-state index in [1.54, 1.807) is 11.3 Å². The Morgan fingerprint density at radius 1 is 1.56 bits per heavy atom. The zero-order valence-corrected chi connectivity index (χ0v) is 10.7. The first-order valence-corrected chi connectivity index (χ1v) is 6.18. The van der Waals surface area contributed by atoms with E-state index in [1.807, 2.05) is 11.4 Å². The second-order valence-electron chi connectivity index (χ2n) is 4.09. The number of thiophene rings is 1. The molecule has 3 nitrogen and oxygen atoms in total. The molecule has 0 aromatic carbocycles. The van der Waals surface area contributed by atoms with E-state index in [2.05, 4.69) is 11.4 Å². The summed E-state index contributed by atoms with van der Waals surface area (Å²) in [4.78, 5) is 12.9. The molecule has 5 heteroatoms. The zero-order chi connectivity index (χ0) is 10.7. The maximum absolute atomic E-state index is 11.6. The van der Waals surface area contributed by atoms with Crippen LogP contribution in [0.5, 0.6) is 0 Å². The Bertz CT molecular complexity index is 336. The molecule has 0 saturated heterocycles. The van der Waals surface area contributed by atoms with Crippen molar-refractivity contribution in [3.63, 3.8) is 0 Å². The maximum atomic E-state index is 11.6. The number of amides is 1. The highest BCUT2D eigenvalue weighted by molar-refractivity contribution is 7.09. The fourth-order valence-corrected chi connectivity index (χ4v) is 2.42. The summed E-state index contributed by atoms with van der Waals surface area (Å²) in [6.07, 6.45) is 3.64. The smallest absolute Gasteiger partial charge is 0.240 e. The highest BCUT2D eigenvalue weighted by Crippen LogP contribution is 2.28. The van der Waals surface area contributed by atoms with Gasteiger partial charge in [-0.1, -0.05) is 6.07 Å². The van der Waals surface area contributed by atoms with Crippen molar-refractivity contribution in [3.8, 4) is 0 Å². The lowest BCUT2D eigenvalue weighted by Gasteiger charge is -2.36. The van der Waals surface area contributed by atoms with Gasteiger partial charge in [-0.2, -0.15) is 0 Å². The molecule has 3 N–H and O–H groups in total. The third kappa shape index (κ3) is 2.97. The predicted octanol–water partition coefficient (Wildman–Crippen LogP) is 1.71. The van der Waals surface area contributed by atoms with Gasteiger partial charge >= 0.3 is 0 Å². The molecule has 1 aromatic rings. The van der Waals surface area contributed by atoms with E-state index < -0.39 is 5.54 Å². The van der Waals surface area contributed by atoms with E-state index in [-0.39, 0.29) is 18.3 Å². The number of carbonyl (C=O) groups is 1. The largest absolute Gasteiger partial charge is 0.354 e. The number of hydrogen-bond donors (Lipinski definition) is 2. The molecule has 0 aliphatic heterocycles. The van der Waals surface area contributed by atoms with Crippen LogP contribution >= 0.6 is 23.7 Å². The van der Waals surface area contributed by atoms with Crippen molar-refractivity contribution >= 4 is 29.7 Å². The molecule has 1 amide bonds. The Morgan fingerprint density at radius 2 is 2.31 bits per heavy atom. The number of rotatable bonds is 4. The first-order chi connectivity index (χ1) is 7.21. The molecule has 0 unspecified atom stereocenters. The maximum Gasteiger partial charge on any atom is 0.240 e. The molecular weight excluding hydrogens is 244 g/mol. The van der Waals surface area contributed by atoms with Gasteiger partial charge in [0.2, 0.25) is 5.91 Å². The number of nitrogens with two attached hydrogens (primary N) is 1. The fourth-order valence-electron chi connectivity index (χ4n) is 1.71. The number of halogens is 1. The summed E-state index contributed by atoms with van der Waals surface area (Å²) in [5, 5.41) is 4.96. The van der Waals surface area contributed by atoms with Crippen molar-refractivity contribution < 1.29 is 4.79 Å². The zero-order valence-electron chi connectivity index (χ0n) is 9.07. The lowest BCUT2D eigenvalue weighted by atomic mass is 9.77. The van der Waals surface area contributed by atoms with E-state index in [0.717, 1.165) is 25.7 Å². The Hall–Kier alpha value is -0.580. The topological polar surface area (TPSA) is 55.1 Å². The molecule has 0 bridgehead atoms. The number of hydrogen-bond acceptors (Lipinski definition) is 3. The van der Waals surface area contributed by atoms with Crippen LogP contribution in [0.2, 0.25) is 0 Å². The van der Waals surface area contributed by atoms with Gasteiger partial charge in [0.05, 0.1) is 5.54 Å². The SMILES string of the molecule is Cl.NC1(C(=O)NCCc2cccs2)CCC1. The molecular formula is C11H17ClN2OS. The monoisotopic (exact) mass is 260 g/mol. The molecule has 1 heterocycles. The molecule has 1 fully saturated rings. The number of nitrogens with one attached hydrogen (secondary N) is 1. The van der Waals surface area contributed by atoms with Crippen LogP contribution in [0.15, 0.2) is 17.5 Å². The minimum Gasteiger partial charge on any atom is -0.354 e. The van der Waals surface area contributed by atoms with Crippen LogP contribution in [0.4, 0.5) is 0 Å². The van der Waals surface area contributed by atoms with Gasteiger partial charge in [0.25, 0.3) is 0 Å². The minimum atomic E-state index is -0.560. The molecule has 90 valence electrons. The molecule has 2 rings (SSSR count). The van der Waals surface area contributed by atoms with Crippen molar-refractivity contribution in [2.45, 2.75) is 31.2 Å². The van der Waals surface area contributed by atoms with Crippen molar-refractivity contribution in [2.24, 2.45) is 5.73 Å². The van der Waals surface area contributed by atoms with Gasteiger partial charge in [-0.15, -0.1) is 23.7 Å². The van der Waals surface area contributed by atoms with E-state index in [9.17, 15) is 4.79 Å². The molecule has 0 atom stereocenters. The first kappa shape index (κ1) is 13.5. The summed E-state index contributed by atoms with van der Waals surface area (Å²) in [5.41, 5.74) is 5.34. The highest BCUT2D eigenvalue weighted by atomic mass is 35.5. The lowest BCUT2D eigenvalue weighted by molar-refractivity contribution is -0.129. The summed E-state index contributed by atoms with van der Waals surface area (Å²) in [7, 11) is 0. The normalized spacial score (nSPS) is 17.1. The summed E-state index contributed by atoms with van der Waals surface area (Å²) in [5.74, 6) is 0.0188. The van der Waals surface area contributed by atoms with Crippen LogP contribution < -0.4 is 11.1 Å². The van der Waals surface area contributed by atoms with Crippen LogP contribution in [-0.2, 0) is 11.2 Å². The quantitative estimate of drug-likeness (QED) is 0.866. The predicted molar refractivity (Wildman–Crippen MR) is 69.1 cm³/mol. The average Bonchev–Trinajstić information content (AvgIpc) is 2.66. The van der Waals surface area contributed by atoms with E-state index in [0.29, 0.717) is 6.54 Å². The van der Waals surface area contributed by atoms with Gasteiger partial charge < -0.3 is 11.1 Å². The summed E-state index contributed by atoms with van der Waals surface area (Å²) in [6.45, 7) is 0.693. The van der Waals surface area contributed by atoms with Crippen molar-refractivity contribution in [1.29, 1.82) is 0 Å². The number of carbonyl (C=O) groups excluding carboxylic acids is 1. The van der Waals surface area contributed by atoms with Gasteiger partial charge in [0.1, 0.15) is 0 Å². The van der Waals surface area contributed by atoms with Crippen LogP contribution in [-0.4, -0.2) is 18.0 Å². The van der Waals surface area contributed by atoms with Crippen LogP contribution in [0.3, 0.4) is 0 Å². The Balaban J connectivity index is 0.00000128. The molecule has 1 aliphatic carbocycles. The van der Waals surface area contributed by atoms with E-state index in [4.69, 9.17) is 5.73 Å². The Labute approximate surface area is 106 Å².